The molecule has 0 amide bonds. The molecular formula is C13H12. The molecule has 0 saturated carbocycles. The molecule has 0 aromatic heterocycles. The predicted molar refractivity (Wildman–Crippen MR) is 56.3 cm³/mol. The normalized spacial score (nSPS) is 14.3. The lowest BCUT2D eigenvalue weighted by Gasteiger charge is -2.16. The van der Waals surface area contributed by atoms with Gasteiger partial charge in [0.25, 0.3) is 0 Å². The van der Waals surface area contributed by atoms with Crippen molar-refractivity contribution < 1.29 is 0 Å². The Hall–Kier alpha value is -1.48. The van der Waals surface area contributed by atoms with Crippen molar-refractivity contribution in [2.45, 2.75) is 19.8 Å². The lowest BCUT2D eigenvalue weighted by Crippen LogP contribution is -2.00. The van der Waals surface area contributed by atoms with Gasteiger partial charge in [-0.15, -0.1) is 6.42 Å². The van der Waals surface area contributed by atoms with E-state index in [1.807, 2.05) is 12.1 Å². The minimum absolute atomic E-state index is 1.03. The van der Waals surface area contributed by atoms with E-state index < -0.39 is 0 Å². The number of terminal acetylenes is 1. The van der Waals surface area contributed by atoms with Gasteiger partial charge in [-0.2, -0.15) is 0 Å². The fourth-order valence-corrected chi connectivity index (χ4v) is 1.94. The maximum atomic E-state index is 5.46. The number of fused-ring (bicyclic) bond motifs is 1. The first-order chi connectivity index (χ1) is 6.33. The van der Waals surface area contributed by atoms with Gasteiger partial charge < -0.3 is 0 Å². The smallest absolute Gasteiger partial charge is 0.0320 e. The number of allylic oxidation sites excluding steroid dienone is 2. The highest BCUT2D eigenvalue weighted by molar-refractivity contribution is 5.73. The van der Waals surface area contributed by atoms with E-state index in [0.29, 0.717) is 0 Å². The van der Waals surface area contributed by atoms with Crippen molar-refractivity contribution in [1.82, 2.24) is 0 Å². The Morgan fingerprint density at radius 1 is 1.38 bits per heavy atom. The van der Waals surface area contributed by atoms with Gasteiger partial charge in [0.1, 0.15) is 0 Å². The Bertz CT molecular complexity index is 403. The molecule has 1 aromatic rings. The van der Waals surface area contributed by atoms with Crippen molar-refractivity contribution in [3.05, 3.63) is 41.0 Å². The summed E-state index contributed by atoms with van der Waals surface area (Å²) in [5.41, 5.74) is 5.05. The van der Waals surface area contributed by atoms with Crippen LogP contribution < -0.4 is 0 Å². The third-order valence-corrected chi connectivity index (χ3v) is 2.56. The van der Waals surface area contributed by atoms with Gasteiger partial charge in [-0.3, -0.25) is 0 Å². The van der Waals surface area contributed by atoms with Crippen molar-refractivity contribution in [2.24, 2.45) is 0 Å². The quantitative estimate of drug-likeness (QED) is 0.522. The van der Waals surface area contributed by atoms with Gasteiger partial charge >= 0.3 is 0 Å². The van der Waals surface area contributed by atoms with Crippen LogP contribution in [0.5, 0.6) is 0 Å². The van der Waals surface area contributed by atoms with Crippen molar-refractivity contribution in [1.29, 1.82) is 0 Å². The first-order valence-corrected chi connectivity index (χ1v) is 4.58. The molecule has 0 spiro atoms. The fourth-order valence-electron chi connectivity index (χ4n) is 1.94. The minimum atomic E-state index is 1.03. The summed E-state index contributed by atoms with van der Waals surface area (Å²) in [6, 6.07) is 6.24. The first-order valence-electron chi connectivity index (χ1n) is 4.58. The third-order valence-electron chi connectivity index (χ3n) is 2.56. The molecule has 0 N–H and O–H groups in total. The second kappa shape index (κ2) is 3.11. The summed E-state index contributed by atoms with van der Waals surface area (Å²) in [6.07, 6.45) is 10.00. The molecule has 0 radical (unpaired) electrons. The fraction of sp³-hybridized carbons (Fsp3) is 0.231. The summed E-state index contributed by atoms with van der Waals surface area (Å²) >= 11 is 0. The molecule has 0 saturated heterocycles. The van der Waals surface area contributed by atoms with Crippen molar-refractivity contribution >= 4 is 5.57 Å². The Balaban J connectivity index is 2.68. The van der Waals surface area contributed by atoms with Gasteiger partial charge in [-0.25, -0.2) is 0 Å². The summed E-state index contributed by atoms with van der Waals surface area (Å²) < 4.78 is 0. The van der Waals surface area contributed by atoms with Crippen molar-refractivity contribution in [2.75, 3.05) is 0 Å². The van der Waals surface area contributed by atoms with E-state index in [1.54, 1.807) is 0 Å². The second-order valence-corrected chi connectivity index (χ2v) is 3.41. The Labute approximate surface area is 79.3 Å². The summed E-state index contributed by atoms with van der Waals surface area (Å²) in [4.78, 5) is 0. The largest absolute Gasteiger partial charge is 0.115 e. The van der Waals surface area contributed by atoms with E-state index in [0.717, 1.165) is 18.4 Å². The molecule has 1 aromatic carbocycles. The Morgan fingerprint density at radius 2 is 2.23 bits per heavy atom. The molecule has 64 valence electrons. The van der Waals surface area contributed by atoms with Crippen LogP contribution >= 0.6 is 0 Å². The highest BCUT2D eigenvalue weighted by atomic mass is 14.1. The van der Waals surface area contributed by atoms with E-state index >= 15 is 0 Å². The van der Waals surface area contributed by atoms with Crippen LogP contribution in [0.3, 0.4) is 0 Å². The molecule has 13 heavy (non-hydrogen) atoms. The topological polar surface area (TPSA) is 0 Å². The van der Waals surface area contributed by atoms with E-state index in [9.17, 15) is 0 Å². The zero-order valence-corrected chi connectivity index (χ0v) is 7.80. The van der Waals surface area contributed by atoms with Gasteiger partial charge in [0, 0.05) is 5.56 Å². The summed E-state index contributed by atoms with van der Waals surface area (Å²) in [5.74, 6) is 2.74. The maximum Gasteiger partial charge on any atom is 0.0320 e. The highest BCUT2D eigenvalue weighted by Gasteiger charge is 2.11. The number of aryl methyl sites for hydroxylation is 1. The number of hydrogen-bond acceptors (Lipinski definition) is 0. The molecule has 1 aliphatic rings. The standard InChI is InChI=1S/C13H12/c1-3-11-7-5-9-12-8-4-6-10(2)13(11)12/h1,5-7,9H,4,8H2,2H3. The summed E-state index contributed by atoms with van der Waals surface area (Å²) in [5, 5.41) is 0. The van der Waals surface area contributed by atoms with E-state index in [4.69, 9.17) is 6.42 Å². The van der Waals surface area contributed by atoms with Gasteiger partial charge in [-0.05, 0) is 42.5 Å². The number of hydrogen-bond donors (Lipinski definition) is 0. The number of rotatable bonds is 0. The number of benzene rings is 1. The van der Waals surface area contributed by atoms with Crippen LogP contribution in [-0.4, -0.2) is 0 Å². The molecule has 2 rings (SSSR count). The molecule has 0 unspecified atom stereocenters. The third kappa shape index (κ3) is 1.27. The molecular weight excluding hydrogens is 156 g/mol. The molecule has 0 atom stereocenters. The van der Waals surface area contributed by atoms with Gasteiger partial charge in [-0.1, -0.05) is 24.1 Å². The highest BCUT2D eigenvalue weighted by Crippen LogP contribution is 2.28. The van der Waals surface area contributed by atoms with E-state index in [1.165, 1.54) is 16.7 Å². The van der Waals surface area contributed by atoms with Crippen molar-refractivity contribution in [3.8, 4) is 12.3 Å². The van der Waals surface area contributed by atoms with Crippen molar-refractivity contribution in [3.63, 3.8) is 0 Å². The SMILES string of the molecule is C#Cc1cccc2c1C(C)=CCC2. The summed E-state index contributed by atoms with van der Waals surface area (Å²) in [6.45, 7) is 2.14. The lowest BCUT2D eigenvalue weighted by molar-refractivity contribution is 0.974. The summed E-state index contributed by atoms with van der Waals surface area (Å²) in [7, 11) is 0. The average molecular weight is 168 g/mol. The van der Waals surface area contributed by atoms with Crippen LogP contribution in [-0.2, 0) is 6.42 Å². The van der Waals surface area contributed by atoms with E-state index in [-0.39, 0.29) is 0 Å². The first kappa shape index (κ1) is 8.13. The van der Waals surface area contributed by atoms with Crippen LogP contribution in [0.1, 0.15) is 30.0 Å². The lowest BCUT2D eigenvalue weighted by atomic mass is 9.88. The zero-order chi connectivity index (χ0) is 9.26. The molecule has 0 heteroatoms. The zero-order valence-electron chi connectivity index (χ0n) is 7.80. The molecule has 0 nitrogen and oxygen atoms in total. The average Bonchev–Trinajstić information content (AvgIpc) is 2.17. The Kier molecular flexibility index (Phi) is 1.94. The Morgan fingerprint density at radius 3 is 3.00 bits per heavy atom. The second-order valence-electron chi connectivity index (χ2n) is 3.41. The van der Waals surface area contributed by atoms with E-state index in [2.05, 4.69) is 25.0 Å². The minimum Gasteiger partial charge on any atom is -0.115 e. The van der Waals surface area contributed by atoms with Crippen LogP contribution in [0, 0.1) is 12.3 Å². The molecule has 0 bridgehead atoms. The molecule has 0 heterocycles. The maximum absolute atomic E-state index is 5.46. The van der Waals surface area contributed by atoms with Crippen LogP contribution in [0.15, 0.2) is 24.3 Å². The molecule has 0 fully saturated rings. The monoisotopic (exact) mass is 168 g/mol. The predicted octanol–water partition coefficient (Wildman–Crippen LogP) is 3.02. The molecule has 1 aliphatic carbocycles. The van der Waals surface area contributed by atoms with Gasteiger partial charge in [0.05, 0.1) is 0 Å². The van der Waals surface area contributed by atoms with Crippen LogP contribution in [0.4, 0.5) is 0 Å². The van der Waals surface area contributed by atoms with Crippen LogP contribution in [0.25, 0.3) is 5.57 Å². The van der Waals surface area contributed by atoms with Gasteiger partial charge in [0.15, 0.2) is 0 Å². The van der Waals surface area contributed by atoms with Crippen LogP contribution in [0.2, 0.25) is 0 Å². The molecule has 0 aliphatic heterocycles. The van der Waals surface area contributed by atoms with Gasteiger partial charge in [0.2, 0.25) is 0 Å².